The van der Waals surface area contributed by atoms with Gasteiger partial charge in [0.1, 0.15) is 5.75 Å². The van der Waals surface area contributed by atoms with E-state index in [0.717, 1.165) is 5.56 Å². The lowest BCUT2D eigenvalue weighted by Crippen LogP contribution is -2.05. The molecule has 6 nitrogen and oxygen atoms in total. The summed E-state index contributed by atoms with van der Waals surface area (Å²) in [5.41, 5.74) is 2.32. The van der Waals surface area contributed by atoms with Gasteiger partial charge in [-0.25, -0.2) is 8.42 Å². The Morgan fingerprint density at radius 1 is 0.933 bits per heavy atom. The molecule has 30 heavy (non-hydrogen) atoms. The maximum absolute atomic E-state index is 13.3. The molecule has 1 heterocycles. The molecule has 0 aliphatic carbocycles. The quantitative estimate of drug-likeness (QED) is 0.460. The minimum atomic E-state index is -3.90. The van der Waals surface area contributed by atoms with E-state index in [1.807, 2.05) is 31.2 Å². The van der Waals surface area contributed by atoms with E-state index in [2.05, 4.69) is 10.3 Å². The number of anilines is 2. The lowest BCUT2D eigenvalue weighted by molar-refractivity contribution is 0.415. The first-order chi connectivity index (χ1) is 14.5. The van der Waals surface area contributed by atoms with Gasteiger partial charge in [0.05, 0.1) is 12.0 Å². The molecule has 0 bridgehead atoms. The molecule has 3 aromatic carbocycles. The first-order valence-electron chi connectivity index (χ1n) is 9.26. The lowest BCUT2D eigenvalue weighted by atomic mass is 10.1. The molecule has 0 spiro atoms. The molecule has 0 saturated carbocycles. The minimum Gasteiger partial charge on any atom is -0.497 e. The Hall–Kier alpha value is -3.58. The van der Waals surface area contributed by atoms with Crippen LogP contribution in [-0.4, -0.2) is 20.5 Å². The van der Waals surface area contributed by atoms with Gasteiger partial charge in [-0.3, -0.25) is 0 Å². The first-order valence-corrected chi connectivity index (χ1v) is 10.7. The van der Waals surface area contributed by atoms with Gasteiger partial charge in [-0.05, 0) is 43.3 Å². The third-order valence-electron chi connectivity index (χ3n) is 4.50. The summed E-state index contributed by atoms with van der Waals surface area (Å²) >= 11 is 0. The number of ether oxygens (including phenoxy) is 1. The summed E-state index contributed by atoms with van der Waals surface area (Å²) in [7, 11) is -2.34. The van der Waals surface area contributed by atoms with Gasteiger partial charge in [0.15, 0.2) is 0 Å². The van der Waals surface area contributed by atoms with Crippen LogP contribution in [0.1, 0.15) is 5.56 Å². The van der Waals surface area contributed by atoms with E-state index in [0.29, 0.717) is 17.0 Å². The number of rotatable bonds is 6. The second-order valence-corrected chi connectivity index (χ2v) is 8.56. The van der Waals surface area contributed by atoms with Crippen LogP contribution in [0.4, 0.5) is 11.6 Å². The van der Waals surface area contributed by atoms with Gasteiger partial charge in [0.25, 0.3) is 0 Å². The Kier molecular flexibility index (Phi) is 5.29. The monoisotopic (exact) mass is 420 g/mol. The van der Waals surface area contributed by atoms with Gasteiger partial charge in [0.2, 0.25) is 26.6 Å². The van der Waals surface area contributed by atoms with Crippen molar-refractivity contribution in [1.82, 2.24) is 4.98 Å². The van der Waals surface area contributed by atoms with Crippen molar-refractivity contribution in [2.45, 2.75) is 16.8 Å². The normalized spacial score (nSPS) is 11.3. The number of aryl methyl sites for hydroxylation is 1. The van der Waals surface area contributed by atoms with Crippen LogP contribution >= 0.6 is 0 Å². The Balaban J connectivity index is 1.84. The van der Waals surface area contributed by atoms with Crippen LogP contribution in [0.2, 0.25) is 0 Å². The van der Waals surface area contributed by atoms with Crippen molar-refractivity contribution in [2.24, 2.45) is 0 Å². The maximum atomic E-state index is 13.3. The van der Waals surface area contributed by atoms with Crippen molar-refractivity contribution < 1.29 is 17.6 Å². The zero-order chi connectivity index (χ0) is 21.1. The van der Waals surface area contributed by atoms with Crippen molar-refractivity contribution in [1.29, 1.82) is 0 Å². The highest BCUT2D eigenvalue weighted by Crippen LogP contribution is 2.34. The maximum Gasteiger partial charge on any atom is 0.238 e. The fourth-order valence-corrected chi connectivity index (χ4v) is 4.29. The van der Waals surface area contributed by atoms with Gasteiger partial charge in [0, 0.05) is 17.3 Å². The number of benzene rings is 3. The molecule has 1 aromatic heterocycles. The summed E-state index contributed by atoms with van der Waals surface area (Å²) in [5.74, 6) is 0.896. The molecule has 0 amide bonds. The van der Waals surface area contributed by atoms with Crippen LogP contribution in [0.15, 0.2) is 93.2 Å². The number of aromatic nitrogens is 1. The summed E-state index contributed by atoms with van der Waals surface area (Å²) in [5, 5.41) is 2.87. The third kappa shape index (κ3) is 3.92. The average molecular weight is 420 g/mol. The van der Waals surface area contributed by atoms with E-state index in [-0.39, 0.29) is 21.7 Å². The molecule has 4 rings (SSSR count). The van der Waals surface area contributed by atoms with Gasteiger partial charge in [-0.15, -0.1) is 0 Å². The van der Waals surface area contributed by atoms with E-state index in [1.165, 1.54) is 12.1 Å². The summed E-state index contributed by atoms with van der Waals surface area (Å²) in [6, 6.07) is 22.8. The Morgan fingerprint density at radius 3 is 2.43 bits per heavy atom. The van der Waals surface area contributed by atoms with Gasteiger partial charge < -0.3 is 14.5 Å². The highest BCUT2D eigenvalue weighted by molar-refractivity contribution is 7.91. The van der Waals surface area contributed by atoms with Crippen LogP contribution in [-0.2, 0) is 9.84 Å². The Bertz CT molecular complexity index is 1280. The van der Waals surface area contributed by atoms with Crippen LogP contribution in [0.3, 0.4) is 0 Å². The highest BCUT2D eigenvalue weighted by Gasteiger charge is 2.28. The fourth-order valence-electron chi connectivity index (χ4n) is 3.01. The van der Waals surface area contributed by atoms with Gasteiger partial charge >= 0.3 is 0 Å². The molecule has 0 fully saturated rings. The smallest absolute Gasteiger partial charge is 0.238 e. The molecule has 0 aliphatic rings. The second kappa shape index (κ2) is 8.04. The summed E-state index contributed by atoms with van der Waals surface area (Å²) < 4.78 is 37.7. The predicted octanol–water partition coefficient (Wildman–Crippen LogP) is 5.24. The predicted molar refractivity (Wildman–Crippen MR) is 115 cm³/mol. The zero-order valence-corrected chi connectivity index (χ0v) is 17.3. The van der Waals surface area contributed by atoms with Crippen LogP contribution < -0.4 is 10.1 Å². The van der Waals surface area contributed by atoms with E-state index in [9.17, 15) is 8.42 Å². The van der Waals surface area contributed by atoms with E-state index in [4.69, 9.17) is 9.15 Å². The number of oxazole rings is 1. The molecule has 1 N–H and O–H groups in total. The number of sulfone groups is 1. The van der Waals surface area contributed by atoms with E-state index < -0.39 is 9.84 Å². The van der Waals surface area contributed by atoms with Crippen molar-refractivity contribution >= 4 is 21.4 Å². The molecule has 0 atom stereocenters. The minimum absolute atomic E-state index is 0.0450. The van der Waals surface area contributed by atoms with E-state index in [1.54, 1.807) is 49.6 Å². The topological polar surface area (TPSA) is 81.4 Å². The molecule has 0 unspecified atom stereocenters. The zero-order valence-electron chi connectivity index (χ0n) is 16.5. The van der Waals surface area contributed by atoms with Crippen LogP contribution in [0.5, 0.6) is 5.75 Å². The molecule has 0 saturated heterocycles. The SMILES string of the molecule is COc1cccc(Nc2oc(-c3cccc(C)c3)nc2S(=O)(=O)c2ccccc2)c1. The fraction of sp³-hybridized carbons (Fsp3) is 0.0870. The summed E-state index contributed by atoms with van der Waals surface area (Å²) in [6.45, 7) is 1.95. The summed E-state index contributed by atoms with van der Waals surface area (Å²) in [4.78, 5) is 4.50. The standard InChI is InChI=1S/C23H20N2O4S/c1-16-8-6-9-17(14-16)21-25-23(30(26,27)20-12-4-3-5-13-20)22(29-21)24-18-10-7-11-19(15-18)28-2/h3-15,24H,1-2H3. The van der Waals surface area contributed by atoms with Crippen LogP contribution in [0, 0.1) is 6.92 Å². The molecule has 152 valence electrons. The average Bonchev–Trinajstić information content (AvgIpc) is 3.19. The number of methoxy groups -OCH3 is 1. The second-order valence-electron chi connectivity index (χ2n) is 6.70. The van der Waals surface area contributed by atoms with Crippen LogP contribution in [0.25, 0.3) is 11.5 Å². The van der Waals surface area contributed by atoms with Crippen molar-refractivity contribution in [3.63, 3.8) is 0 Å². The van der Waals surface area contributed by atoms with Gasteiger partial charge in [-0.2, -0.15) is 4.98 Å². The molecule has 0 aliphatic heterocycles. The first kappa shape index (κ1) is 19.7. The number of hydrogen-bond donors (Lipinski definition) is 1. The molecule has 7 heteroatoms. The van der Waals surface area contributed by atoms with Gasteiger partial charge in [-0.1, -0.05) is 42.0 Å². The summed E-state index contributed by atoms with van der Waals surface area (Å²) in [6.07, 6.45) is 0. The van der Waals surface area contributed by atoms with E-state index >= 15 is 0 Å². The number of nitrogens with one attached hydrogen (secondary N) is 1. The van der Waals surface area contributed by atoms with Crippen molar-refractivity contribution in [3.8, 4) is 17.2 Å². The highest BCUT2D eigenvalue weighted by atomic mass is 32.2. The number of nitrogens with zero attached hydrogens (tertiary/aromatic N) is 1. The Labute approximate surface area is 175 Å². The molecular weight excluding hydrogens is 400 g/mol. The Morgan fingerprint density at radius 2 is 1.70 bits per heavy atom. The number of hydrogen-bond acceptors (Lipinski definition) is 6. The van der Waals surface area contributed by atoms with Crippen molar-refractivity contribution in [2.75, 3.05) is 12.4 Å². The molecular formula is C23H20N2O4S. The van der Waals surface area contributed by atoms with Crippen molar-refractivity contribution in [3.05, 3.63) is 84.4 Å². The lowest BCUT2D eigenvalue weighted by Gasteiger charge is -2.07. The largest absolute Gasteiger partial charge is 0.497 e. The molecule has 0 radical (unpaired) electrons. The third-order valence-corrected chi connectivity index (χ3v) is 6.18. The molecule has 4 aromatic rings.